The van der Waals surface area contributed by atoms with Gasteiger partial charge in [-0.05, 0) is 33.6 Å². The lowest BCUT2D eigenvalue weighted by Gasteiger charge is -2.33. The van der Waals surface area contributed by atoms with Gasteiger partial charge in [0.2, 0.25) is 0 Å². The second kappa shape index (κ2) is 6.04. The van der Waals surface area contributed by atoms with Crippen LogP contribution in [0.3, 0.4) is 0 Å². The maximum atomic E-state index is 11.8. The third-order valence-electron chi connectivity index (χ3n) is 2.47. The van der Waals surface area contributed by atoms with Crippen molar-refractivity contribution in [3.63, 3.8) is 0 Å². The van der Waals surface area contributed by atoms with Crippen molar-refractivity contribution < 1.29 is 24.2 Å². The number of rotatable bonds is 3. The molecule has 1 amide bonds. The highest BCUT2D eigenvalue weighted by Crippen LogP contribution is 2.17. The molecule has 0 saturated carbocycles. The molecule has 0 aliphatic carbocycles. The molecule has 1 N–H and O–H groups in total. The molecule has 6 heteroatoms. The minimum absolute atomic E-state index is 0.220. The quantitative estimate of drug-likeness (QED) is 0.831. The van der Waals surface area contributed by atoms with E-state index in [4.69, 9.17) is 14.6 Å². The van der Waals surface area contributed by atoms with Gasteiger partial charge in [-0.1, -0.05) is 0 Å². The fourth-order valence-corrected chi connectivity index (χ4v) is 1.76. The van der Waals surface area contributed by atoms with E-state index in [-0.39, 0.29) is 18.8 Å². The zero-order chi connectivity index (χ0) is 13.8. The molecule has 1 aliphatic rings. The summed E-state index contributed by atoms with van der Waals surface area (Å²) in [7, 11) is 0. The standard InChI is InChI=1S/C12H21NO5/c1-12(2,3)18-11(16)13-6-4-5-9(7-13)17-8-10(14)15/h9H,4-8H2,1-3H3,(H,14,15)/t9-/m1/s1. The fourth-order valence-electron chi connectivity index (χ4n) is 1.76. The molecular weight excluding hydrogens is 238 g/mol. The Morgan fingerprint density at radius 1 is 1.39 bits per heavy atom. The summed E-state index contributed by atoms with van der Waals surface area (Å²) in [6.07, 6.45) is 0.976. The summed E-state index contributed by atoms with van der Waals surface area (Å²) in [6.45, 7) is 6.13. The van der Waals surface area contributed by atoms with Gasteiger partial charge in [0.05, 0.1) is 12.6 Å². The SMILES string of the molecule is CC(C)(C)OC(=O)N1CCC[C@@H](OCC(=O)O)C1. The molecule has 1 fully saturated rings. The van der Waals surface area contributed by atoms with Crippen molar-refractivity contribution >= 4 is 12.1 Å². The van der Waals surface area contributed by atoms with E-state index >= 15 is 0 Å². The van der Waals surface area contributed by atoms with Gasteiger partial charge in [-0.25, -0.2) is 9.59 Å². The van der Waals surface area contributed by atoms with Crippen LogP contribution in [0.1, 0.15) is 33.6 Å². The Morgan fingerprint density at radius 2 is 2.06 bits per heavy atom. The van der Waals surface area contributed by atoms with Gasteiger partial charge < -0.3 is 19.5 Å². The highest BCUT2D eigenvalue weighted by Gasteiger charge is 2.28. The molecule has 0 unspecified atom stereocenters. The summed E-state index contributed by atoms with van der Waals surface area (Å²) >= 11 is 0. The van der Waals surface area contributed by atoms with Crippen molar-refractivity contribution in [1.29, 1.82) is 0 Å². The molecular formula is C12H21NO5. The van der Waals surface area contributed by atoms with Gasteiger partial charge in [-0.2, -0.15) is 0 Å². The number of hydrogen-bond acceptors (Lipinski definition) is 4. The second-order valence-corrected chi connectivity index (χ2v) is 5.40. The zero-order valence-corrected chi connectivity index (χ0v) is 11.1. The number of carboxylic acids is 1. The topological polar surface area (TPSA) is 76.1 Å². The number of hydrogen-bond donors (Lipinski definition) is 1. The Balaban J connectivity index is 2.43. The monoisotopic (exact) mass is 259 g/mol. The number of carbonyl (C=O) groups excluding carboxylic acids is 1. The summed E-state index contributed by atoms with van der Waals surface area (Å²) in [5.41, 5.74) is -0.522. The second-order valence-electron chi connectivity index (χ2n) is 5.40. The van der Waals surface area contributed by atoms with Crippen molar-refractivity contribution in [3.8, 4) is 0 Å². The molecule has 0 aromatic carbocycles. The molecule has 0 aromatic heterocycles. The van der Waals surface area contributed by atoms with Gasteiger partial charge >= 0.3 is 12.1 Å². The van der Waals surface area contributed by atoms with Crippen LogP contribution in [-0.4, -0.2) is 53.5 Å². The number of carbonyl (C=O) groups is 2. The smallest absolute Gasteiger partial charge is 0.410 e. The number of piperidine rings is 1. The Labute approximate surface area is 107 Å². The Kier molecular flexibility index (Phi) is 4.95. The minimum atomic E-state index is -0.996. The summed E-state index contributed by atoms with van der Waals surface area (Å²) < 4.78 is 10.5. The molecule has 0 bridgehead atoms. The number of nitrogens with zero attached hydrogens (tertiary/aromatic N) is 1. The van der Waals surface area contributed by atoms with E-state index in [0.29, 0.717) is 13.1 Å². The van der Waals surface area contributed by atoms with E-state index in [9.17, 15) is 9.59 Å². The maximum absolute atomic E-state index is 11.8. The van der Waals surface area contributed by atoms with Crippen LogP contribution in [0.5, 0.6) is 0 Å². The van der Waals surface area contributed by atoms with Gasteiger partial charge in [0.25, 0.3) is 0 Å². The molecule has 1 rings (SSSR count). The van der Waals surface area contributed by atoms with E-state index < -0.39 is 11.6 Å². The number of likely N-dealkylation sites (tertiary alicyclic amines) is 1. The van der Waals surface area contributed by atoms with Crippen molar-refractivity contribution in [2.45, 2.75) is 45.3 Å². The molecule has 0 radical (unpaired) electrons. The summed E-state index contributed by atoms with van der Waals surface area (Å²) in [4.78, 5) is 23.8. The third-order valence-corrected chi connectivity index (χ3v) is 2.47. The first-order chi connectivity index (χ1) is 8.28. The molecule has 0 aromatic rings. The predicted octanol–water partition coefficient (Wildman–Crippen LogP) is 1.49. The number of carboxylic acid groups (broad SMARTS) is 1. The maximum Gasteiger partial charge on any atom is 0.410 e. The fraction of sp³-hybridized carbons (Fsp3) is 0.833. The molecule has 1 atom stereocenters. The van der Waals surface area contributed by atoms with E-state index in [1.54, 1.807) is 4.90 Å². The Bertz CT molecular complexity index is 310. The van der Waals surface area contributed by atoms with E-state index in [2.05, 4.69) is 0 Å². The van der Waals surface area contributed by atoms with Crippen LogP contribution >= 0.6 is 0 Å². The highest BCUT2D eigenvalue weighted by molar-refractivity contribution is 5.68. The van der Waals surface area contributed by atoms with Crippen molar-refractivity contribution in [2.75, 3.05) is 19.7 Å². The molecule has 104 valence electrons. The third kappa shape index (κ3) is 5.35. The van der Waals surface area contributed by atoms with Gasteiger partial charge in [0.15, 0.2) is 0 Å². The van der Waals surface area contributed by atoms with Crippen LogP contribution in [0, 0.1) is 0 Å². The lowest BCUT2D eigenvalue weighted by atomic mass is 10.1. The molecule has 0 spiro atoms. The summed E-state index contributed by atoms with van der Waals surface area (Å²) in [6, 6.07) is 0. The van der Waals surface area contributed by atoms with Crippen LogP contribution in [0.2, 0.25) is 0 Å². The first kappa shape index (κ1) is 14.8. The van der Waals surface area contributed by atoms with Crippen molar-refractivity contribution in [3.05, 3.63) is 0 Å². The molecule has 1 heterocycles. The highest BCUT2D eigenvalue weighted by atomic mass is 16.6. The first-order valence-electron chi connectivity index (χ1n) is 6.09. The summed E-state index contributed by atoms with van der Waals surface area (Å²) in [5.74, 6) is -0.996. The van der Waals surface area contributed by atoms with Crippen LogP contribution in [0.4, 0.5) is 4.79 Å². The van der Waals surface area contributed by atoms with Crippen LogP contribution in [0.25, 0.3) is 0 Å². The zero-order valence-electron chi connectivity index (χ0n) is 11.1. The minimum Gasteiger partial charge on any atom is -0.480 e. The van der Waals surface area contributed by atoms with Crippen molar-refractivity contribution in [2.24, 2.45) is 0 Å². The number of aliphatic carboxylic acids is 1. The Morgan fingerprint density at radius 3 is 2.61 bits per heavy atom. The van der Waals surface area contributed by atoms with Crippen LogP contribution in [-0.2, 0) is 14.3 Å². The van der Waals surface area contributed by atoms with Gasteiger partial charge in [-0.3, -0.25) is 0 Å². The van der Waals surface area contributed by atoms with Gasteiger partial charge in [0.1, 0.15) is 12.2 Å². The van der Waals surface area contributed by atoms with E-state index in [1.807, 2.05) is 20.8 Å². The lowest BCUT2D eigenvalue weighted by Crippen LogP contribution is -2.45. The number of amides is 1. The largest absolute Gasteiger partial charge is 0.480 e. The summed E-state index contributed by atoms with van der Waals surface area (Å²) in [5, 5.41) is 8.54. The average Bonchev–Trinajstić information content (AvgIpc) is 2.24. The van der Waals surface area contributed by atoms with Crippen LogP contribution < -0.4 is 0 Å². The first-order valence-corrected chi connectivity index (χ1v) is 6.09. The van der Waals surface area contributed by atoms with Gasteiger partial charge in [-0.15, -0.1) is 0 Å². The van der Waals surface area contributed by atoms with E-state index in [0.717, 1.165) is 12.8 Å². The van der Waals surface area contributed by atoms with Crippen LogP contribution in [0.15, 0.2) is 0 Å². The molecule has 1 saturated heterocycles. The normalized spacial score (nSPS) is 20.6. The van der Waals surface area contributed by atoms with E-state index in [1.165, 1.54) is 0 Å². The average molecular weight is 259 g/mol. The lowest BCUT2D eigenvalue weighted by molar-refractivity contribution is -0.145. The predicted molar refractivity (Wildman–Crippen MR) is 64.4 cm³/mol. The molecule has 6 nitrogen and oxygen atoms in total. The van der Waals surface area contributed by atoms with Crippen molar-refractivity contribution in [1.82, 2.24) is 4.90 Å². The molecule has 18 heavy (non-hydrogen) atoms. The Hall–Kier alpha value is -1.30. The number of ether oxygens (including phenoxy) is 2. The molecule has 1 aliphatic heterocycles. The van der Waals surface area contributed by atoms with Gasteiger partial charge in [0, 0.05) is 6.54 Å².